The van der Waals surface area contributed by atoms with E-state index < -0.39 is 5.54 Å². The van der Waals surface area contributed by atoms with Gasteiger partial charge in [-0.05, 0) is 44.3 Å². The lowest BCUT2D eigenvalue weighted by Gasteiger charge is -2.48. The fraction of sp³-hybridized carbons (Fsp3) is 0.875. The lowest BCUT2D eigenvalue weighted by molar-refractivity contribution is -0.159. The molecule has 1 aliphatic heterocycles. The highest BCUT2D eigenvalue weighted by molar-refractivity contribution is 7.99. The highest BCUT2D eigenvalue weighted by Crippen LogP contribution is 2.43. The van der Waals surface area contributed by atoms with Gasteiger partial charge in [0.25, 0.3) is 0 Å². The molecule has 2 fully saturated rings. The third-order valence-electron chi connectivity index (χ3n) is 4.69. The molecule has 1 heterocycles. The average Bonchev–Trinajstić information content (AvgIpc) is 3.23. The van der Waals surface area contributed by atoms with Crippen LogP contribution < -0.4 is 5.32 Å². The number of nitrogens with one attached hydrogen (secondary N) is 1. The minimum absolute atomic E-state index is 0.0207. The zero-order valence-electron chi connectivity index (χ0n) is 13.8. The topological polar surface area (TPSA) is 49.4 Å². The van der Waals surface area contributed by atoms with E-state index in [-0.39, 0.29) is 29.8 Å². The maximum atomic E-state index is 13.1. The second-order valence-corrected chi connectivity index (χ2v) is 8.19. The van der Waals surface area contributed by atoms with Crippen molar-refractivity contribution in [1.82, 2.24) is 10.2 Å². The summed E-state index contributed by atoms with van der Waals surface area (Å²) in [7, 11) is 0. The van der Waals surface area contributed by atoms with Gasteiger partial charge in [-0.25, -0.2) is 0 Å². The molecule has 2 aliphatic rings. The van der Waals surface area contributed by atoms with Crippen LogP contribution in [-0.4, -0.2) is 45.8 Å². The largest absolute Gasteiger partial charge is 0.340 e. The van der Waals surface area contributed by atoms with Gasteiger partial charge in [0.05, 0.1) is 0 Å². The number of hydrogen-bond acceptors (Lipinski definition) is 3. The Hall–Kier alpha value is -0.710. The van der Waals surface area contributed by atoms with E-state index in [9.17, 15) is 9.59 Å². The van der Waals surface area contributed by atoms with Crippen molar-refractivity contribution >= 4 is 23.6 Å². The number of amides is 2. The summed E-state index contributed by atoms with van der Waals surface area (Å²) in [5.41, 5.74) is -0.687. The molecule has 0 aromatic heterocycles. The van der Waals surface area contributed by atoms with E-state index in [1.807, 2.05) is 37.4 Å². The first-order valence-corrected chi connectivity index (χ1v) is 9.20. The molecule has 3 unspecified atom stereocenters. The SMILES string of the molecule is CCSCC(C)N1C(=O)C(C)(C2CC2)NC(=O)C1C(C)C. The second-order valence-electron chi connectivity index (χ2n) is 6.88. The van der Waals surface area contributed by atoms with Crippen LogP contribution >= 0.6 is 11.8 Å². The normalized spacial score (nSPS) is 31.5. The molecule has 2 rings (SSSR count). The van der Waals surface area contributed by atoms with Crippen molar-refractivity contribution in [3.05, 3.63) is 0 Å². The van der Waals surface area contributed by atoms with Crippen LogP contribution in [0.4, 0.5) is 0 Å². The first-order valence-electron chi connectivity index (χ1n) is 8.05. The smallest absolute Gasteiger partial charge is 0.249 e. The zero-order valence-corrected chi connectivity index (χ0v) is 14.6. The first-order chi connectivity index (χ1) is 9.82. The van der Waals surface area contributed by atoms with E-state index in [0.717, 1.165) is 24.3 Å². The van der Waals surface area contributed by atoms with Crippen LogP contribution in [0.1, 0.15) is 47.5 Å². The zero-order chi connectivity index (χ0) is 15.8. The molecule has 0 aromatic carbocycles. The van der Waals surface area contributed by atoms with Crippen LogP contribution in [0.5, 0.6) is 0 Å². The number of nitrogens with zero attached hydrogens (tertiary/aromatic N) is 1. The predicted octanol–water partition coefficient (Wildman–Crippen LogP) is 2.28. The third-order valence-corrected chi connectivity index (χ3v) is 5.82. The van der Waals surface area contributed by atoms with E-state index in [2.05, 4.69) is 19.2 Å². The summed E-state index contributed by atoms with van der Waals surface area (Å²) >= 11 is 1.83. The Morgan fingerprint density at radius 2 is 1.95 bits per heavy atom. The quantitative estimate of drug-likeness (QED) is 0.818. The highest BCUT2D eigenvalue weighted by Gasteiger charge is 2.56. The molecule has 4 nitrogen and oxygen atoms in total. The van der Waals surface area contributed by atoms with Crippen molar-refractivity contribution in [1.29, 1.82) is 0 Å². The van der Waals surface area contributed by atoms with Crippen LogP contribution in [0, 0.1) is 11.8 Å². The minimum Gasteiger partial charge on any atom is -0.340 e. The van der Waals surface area contributed by atoms with Crippen molar-refractivity contribution in [3.63, 3.8) is 0 Å². The van der Waals surface area contributed by atoms with Crippen LogP contribution in [0.2, 0.25) is 0 Å². The van der Waals surface area contributed by atoms with Crippen LogP contribution in [-0.2, 0) is 9.59 Å². The Morgan fingerprint density at radius 1 is 1.33 bits per heavy atom. The fourth-order valence-corrected chi connectivity index (χ4v) is 4.05. The molecule has 0 spiro atoms. The van der Waals surface area contributed by atoms with Crippen LogP contribution in [0.15, 0.2) is 0 Å². The molecule has 2 amide bonds. The molecule has 0 bridgehead atoms. The van der Waals surface area contributed by atoms with Gasteiger partial charge in [-0.1, -0.05) is 20.8 Å². The van der Waals surface area contributed by atoms with E-state index in [0.29, 0.717) is 5.92 Å². The summed E-state index contributed by atoms with van der Waals surface area (Å²) < 4.78 is 0. The molecule has 1 N–H and O–H groups in total. The van der Waals surface area contributed by atoms with Gasteiger partial charge in [0.2, 0.25) is 11.8 Å². The number of carbonyl (C=O) groups excluding carboxylic acids is 2. The van der Waals surface area contributed by atoms with Crippen LogP contribution in [0.3, 0.4) is 0 Å². The molecular weight excluding hydrogens is 284 g/mol. The molecule has 5 heteroatoms. The summed E-state index contributed by atoms with van der Waals surface area (Å²) in [5, 5.41) is 3.04. The summed E-state index contributed by atoms with van der Waals surface area (Å²) in [5.74, 6) is 2.51. The lowest BCUT2D eigenvalue weighted by atomic mass is 9.86. The van der Waals surface area contributed by atoms with Crippen molar-refractivity contribution in [2.75, 3.05) is 11.5 Å². The Kier molecular flexibility index (Phi) is 4.91. The Bertz CT molecular complexity index is 423. The molecular formula is C16H28N2O2S. The van der Waals surface area contributed by atoms with Gasteiger partial charge in [-0.15, -0.1) is 0 Å². The van der Waals surface area contributed by atoms with Gasteiger partial charge in [0, 0.05) is 11.8 Å². The number of thioether (sulfide) groups is 1. The van der Waals surface area contributed by atoms with Gasteiger partial charge in [-0.2, -0.15) is 11.8 Å². The molecule has 3 atom stereocenters. The maximum Gasteiger partial charge on any atom is 0.249 e. The summed E-state index contributed by atoms with van der Waals surface area (Å²) in [6.45, 7) is 10.1. The van der Waals surface area contributed by atoms with Gasteiger partial charge in [-0.3, -0.25) is 9.59 Å². The number of rotatable bonds is 6. The van der Waals surface area contributed by atoms with Crippen molar-refractivity contribution in [2.24, 2.45) is 11.8 Å². The van der Waals surface area contributed by atoms with E-state index in [1.165, 1.54) is 0 Å². The molecule has 1 saturated heterocycles. The van der Waals surface area contributed by atoms with Gasteiger partial charge in [0.1, 0.15) is 11.6 Å². The molecule has 1 aliphatic carbocycles. The van der Waals surface area contributed by atoms with E-state index in [1.54, 1.807) is 0 Å². The third kappa shape index (κ3) is 3.08. The fourth-order valence-electron chi connectivity index (χ4n) is 3.31. The number of carbonyl (C=O) groups is 2. The van der Waals surface area contributed by atoms with Crippen LogP contribution in [0.25, 0.3) is 0 Å². The monoisotopic (exact) mass is 312 g/mol. The summed E-state index contributed by atoms with van der Waals surface area (Å²) in [6, 6.07) is -0.240. The average molecular weight is 312 g/mol. The highest BCUT2D eigenvalue weighted by atomic mass is 32.2. The first kappa shape index (κ1) is 16.7. The van der Waals surface area contributed by atoms with Crippen molar-refractivity contribution < 1.29 is 9.59 Å². The molecule has 21 heavy (non-hydrogen) atoms. The Balaban J connectivity index is 2.28. The summed E-state index contributed by atoms with van der Waals surface area (Å²) in [6.07, 6.45) is 2.08. The van der Waals surface area contributed by atoms with Gasteiger partial charge in [0.15, 0.2) is 0 Å². The molecule has 0 radical (unpaired) electrons. The lowest BCUT2D eigenvalue weighted by Crippen LogP contribution is -2.72. The van der Waals surface area contributed by atoms with Gasteiger partial charge < -0.3 is 10.2 Å². The molecule has 1 saturated carbocycles. The Labute approximate surface area is 132 Å². The standard InChI is InChI=1S/C16H28N2O2S/c1-6-21-9-11(4)18-13(10(2)3)14(19)17-16(5,15(18)20)12-7-8-12/h10-13H,6-9H2,1-5H3,(H,17,19). The molecule has 120 valence electrons. The van der Waals surface area contributed by atoms with Crippen molar-refractivity contribution in [3.8, 4) is 0 Å². The molecule has 0 aromatic rings. The minimum atomic E-state index is -0.687. The number of piperazine rings is 1. The van der Waals surface area contributed by atoms with Crippen molar-refractivity contribution in [2.45, 2.75) is 65.1 Å². The predicted molar refractivity (Wildman–Crippen MR) is 87.2 cm³/mol. The second kappa shape index (κ2) is 6.19. The van der Waals surface area contributed by atoms with E-state index in [4.69, 9.17) is 0 Å². The maximum absolute atomic E-state index is 13.1. The number of hydrogen-bond donors (Lipinski definition) is 1. The van der Waals surface area contributed by atoms with Gasteiger partial charge >= 0.3 is 0 Å². The summed E-state index contributed by atoms with van der Waals surface area (Å²) in [4.78, 5) is 27.6. The van der Waals surface area contributed by atoms with E-state index >= 15 is 0 Å². The Morgan fingerprint density at radius 3 is 2.43 bits per heavy atom.